The molecular formula is C46H54BCl2N3. The Kier molecular flexibility index (Phi) is 12.8. The smallest absolute Gasteiger partial charge is 0.376 e. The highest BCUT2D eigenvalue weighted by Crippen LogP contribution is 2.38. The number of nitrogens with zero attached hydrogens (tertiary/aromatic N) is 3. The van der Waals surface area contributed by atoms with Crippen molar-refractivity contribution in [1.82, 2.24) is 4.57 Å². The number of rotatable bonds is 10. The Bertz CT molecular complexity index is 1860. The highest BCUT2D eigenvalue weighted by atomic mass is 35.5. The molecule has 0 spiro atoms. The van der Waals surface area contributed by atoms with Crippen LogP contribution in [0.1, 0.15) is 107 Å². The number of aryl methyl sites for hydroxylation is 1. The molecule has 0 atom stereocenters. The molecule has 0 saturated carbocycles. The second-order valence-corrected chi connectivity index (χ2v) is 16.4. The summed E-state index contributed by atoms with van der Waals surface area (Å²) in [6.07, 6.45) is 4.33. The van der Waals surface area contributed by atoms with Crippen LogP contribution in [0, 0.1) is 6.92 Å². The Morgan fingerprint density at radius 3 is 1.27 bits per heavy atom. The maximum absolute atomic E-state index is 7.99. The van der Waals surface area contributed by atoms with Crippen molar-refractivity contribution in [2.24, 2.45) is 0 Å². The normalized spacial score (nSPS) is 11.7. The number of halogens is 2. The van der Waals surface area contributed by atoms with Gasteiger partial charge in [-0.3, -0.25) is 0 Å². The van der Waals surface area contributed by atoms with Gasteiger partial charge in [0.25, 0.3) is 0 Å². The van der Waals surface area contributed by atoms with Crippen LogP contribution >= 0.6 is 22.9 Å². The Labute approximate surface area is 322 Å². The monoisotopic (exact) mass is 729 g/mol. The van der Waals surface area contributed by atoms with Gasteiger partial charge >= 0.3 is 5.11 Å². The van der Waals surface area contributed by atoms with Gasteiger partial charge in [-0.05, 0) is 54.9 Å². The van der Waals surface area contributed by atoms with E-state index in [1.807, 2.05) is 54.6 Å². The van der Waals surface area contributed by atoms with E-state index < -0.39 is 5.11 Å². The van der Waals surface area contributed by atoms with Gasteiger partial charge in [0.05, 0.1) is 0 Å². The highest BCUT2D eigenvalue weighted by Gasteiger charge is 2.43. The van der Waals surface area contributed by atoms with Crippen molar-refractivity contribution in [3.05, 3.63) is 168 Å². The first-order valence-electron chi connectivity index (χ1n) is 18.7. The van der Waals surface area contributed by atoms with Crippen molar-refractivity contribution in [1.29, 1.82) is 0 Å². The number of para-hydroxylation sites is 4. The van der Waals surface area contributed by atoms with Gasteiger partial charge in [-0.1, -0.05) is 164 Å². The summed E-state index contributed by atoms with van der Waals surface area (Å²) >= 11 is 16.0. The topological polar surface area (TPSA) is 12.0 Å². The van der Waals surface area contributed by atoms with Gasteiger partial charge in [0.2, 0.25) is 0 Å². The molecule has 3 nitrogen and oxygen atoms in total. The van der Waals surface area contributed by atoms with Crippen LogP contribution in [0.15, 0.2) is 140 Å². The van der Waals surface area contributed by atoms with E-state index in [9.17, 15) is 0 Å². The van der Waals surface area contributed by atoms with Crippen LogP contribution in [0.25, 0.3) is 11.4 Å². The summed E-state index contributed by atoms with van der Waals surface area (Å²) in [7, 11) is 0. The molecule has 0 bridgehead atoms. The summed E-state index contributed by atoms with van der Waals surface area (Å²) in [5, 5.41) is -2.48. The molecule has 0 amide bonds. The maximum atomic E-state index is 7.99. The van der Waals surface area contributed by atoms with E-state index in [1.165, 1.54) is 27.8 Å². The molecule has 1 heterocycles. The molecule has 0 aliphatic carbocycles. The van der Waals surface area contributed by atoms with E-state index >= 15 is 0 Å². The van der Waals surface area contributed by atoms with Gasteiger partial charge in [-0.15, -0.1) is 0 Å². The molecule has 0 N–H and O–H groups in total. The zero-order chi connectivity index (χ0) is 37.6. The van der Waals surface area contributed by atoms with Crippen LogP contribution in [-0.4, -0.2) is 9.68 Å². The lowest BCUT2D eigenvalue weighted by Gasteiger charge is -2.43. The predicted octanol–water partition coefficient (Wildman–Crippen LogP) is 12.7. The molecular weight excluding hydrogens is 676 g/mol. The SMILES string of the molecule is CC(C)c1cccc(C(C)C)c1-n1cc[n+](-c2c(C(C)C)cccc2C(C)C)c1[B-](Cl)(Cl)N(c1ccccc1)c1ccccc1.Cc1ccccc1. The van der Waals surface area contributed by atoms with Gasteiger partial charge in [0.15, 0.2) is 0 Å². The van der Waals surface area contributed by atoms with Crippen molar-refractivity contribution in [3.63, 3.8) is 0 Å². The average Bonchev–Trinajstić information content (AvgIpc) is 3.58. The lowest BCUT2D eigenvalue weighted by molar-refractivity contribution is -0.577. The van der Waals surface area contributed by atoms with E-state index in [-0.39, 0.29) is 0 Å². The molecule has 270 valence electrons. The summed E-state index contributed by atoms with van der Waals surface area (Å²) < 4.78 is 4.56. The van der Waals surface area contributed by atoms with Crippen molar-refractivity contribution in [2.45, 2.75) is 86.0 Å². The third-order valence-corrected chi connectivity index (χ3v) is 10.5. The fourth-order valence-electron chi connectivity index (χ4n) is 7.05. The summed E-state index contributed by atoms with van der Waals surface area (Å²) in [6, 6.07) is 44.1. The molecule has 0 unspecified atom stereocenters. The van der Waals surface area contributed by atoms with E-state index in [2.05, 4.69) is 161 Å². The van der Waals surface area contributed by atoms with E-state index in [0.717, 1.165) is 28.5 Å². The molecule has 0 saturated heterocycles. The molecule has 1 aromatic heterocycles. The van der Waals surface area contributed by atoms with E-state index in [4.69, 9.17) is 22.9 Å². The van der Waals surface area contributed by atoms with Crippen LogP contribution in [0.5, 0.6) is 0 Å². The minimum atomic E-state index is -2.48. The Hall–Kier alpha value is -4.25. The molecule has 6 heteroatoms. The van der Waals surface area contributed by atoms with Crippen LogP contribution < -0.4 is 15.1 Å². The van der Waals surface area contributed by atoms with Gasteiger partial charge in [0.1, 0.15) is 29.5 Å². The first-order valence-corrected chi connectivity index (χ1v) is 19.5. The van der Waals surface area contributed by atoms with Gasteiger partial charge < -0.3 is 27.7 Å². The molecule has 0 radical (unpaired) electrons. The summed E-state index contributed by atoms with van der Waals surface area (Å²) in [6.45, 7) is 20.1. The first-order chi connectivity index (χ1) is 24.8. The summed E-state index contributed by atoms with van der Waals surface area (Å²) in [5.41, 5.74) is 11.3. The van der Waals surface area contributed by atoms with Gasteiger partial charge in [-0.2, -0.15) is 0 Å². The number of anilines is 2. The zero-order valence-corrected chi connectivity index (χ0v) is 33.8. The second-order valence-electron chi connectivity index (χ2n) is 14.9. The maximum Gasteiger partial charge on any atom is 0.376 e. The Balaban J connectivity index is 0.000000668. The minimum absolute atomic E-state index is 0.295. The lowest BCUT2D eigenvalue weighted by Crippen LogP contribution is -2.66. The Morgan fingerprint density at radius 2 is 0.904 bits per heavy atom. The van der Waals surface area contributed by atoms with Crippen molar-refractivity contribution >= 4 is 45.1 Å². The largest absolute Gasteiger partial charge is 0.481 e. The standard InChI is InChI=1S/C39H46BCl2N3.C7H8/c1-27(2)33-21-15-22-34(28(3)4)37(33)43-25-26-44(38-35(29(5)6)23-16-24-36(38)30(7)8)39(43)40(41,42)45(31-17-11-9-12-18-31)32-19-13-10-14-20-32;1-7-5-3-2-4-6-7/h9-30H,1-8H3;2-6H,1H3. The highest BCUT2D eigenvalue weighted by molar-refractivity contribution is 7.52. The van der Waals surface area contributed by atoms with Gasteiger partial charge in [0, 0.05) is 33.6 Å². The average molecular weight is 731 g/mol. The number of hydrogen-bond donors (Lipinski definition) is 0. The van der Waals surface area contributed by atoms with Crippen LogP contribution in [0.2, 0.25) is 0 Å². The summed E-state index contributed by atoms with van der Waals surface area (Å²) in [5.74, 6) is 1.18. The molecule has 0 fully saturated rings. The van der Waals surface area contributed by atoms with E-state index in [0.29, 0.717) is 23.7 Å². The number of aromatic nitrogens is 2. The number of hydrogen-bond acceptors (Lipinski definition) is 1. The second kappa shape index (κ2) is 17.1. The fourth-order valence-corrected chi connectivity index (χ4v) is 7.92. The molecule has 0 aliphatic heterocycles. The fraction of sp³-hybridized carbons (Fsp3) is 0.283. The van der Waals surface area contributed by atoms with Crippen molar-refractivity contribution in [3.8, 4) is 11.4 Å². The van der Waals surface area contributed by atoms with Crippen LogP contribution in [0.3, 0.4) is 0 Å². The quantitative estimate of drug-likeness (QED) is 0.101. The molecule has 5 aromatic carbocycles. The predicted molar refractivity (Wildman–Crippen MR) is 227 cm³/mol. The molecule has 6 aromatic rings. The molecule has 0 aliphatic rings. The van der Waals surface area contributed by atoms with Crippen LogP contribution in [-0.2, 0) is 0 Å². The van der Waals surface area contributed by atoms with Crippen LogP contribution in [0.4, 0.5) is 11.4 Å². The van der Waals surface area contributed by atoms with E-state index in [1.54, 1.807) is 0 Å². The third kappa shape index (κ3) is 8.35. The van der Waals surface area contributed by atoms with Crippen molar-refractivity contribution in [2.75, 3.05) is 4.81 Å². The zero-order valence-electron chi connectivity index (χ0n) is 32.3. The molecule has 6 rings (SSSR count). The summed E-state index contributed by atoms with van der Waals surface area (Å²) in [4.78, 5) is 2.10. The number of benzene rings is 5. The first kappa shape index (κ1) is 39.0. The number of imidazole rings is 1. The lowest BCUT2D eigenvalue weighted by atomic mass is 9.81. The molecule has 52 heavy (non-hydrogen) atoms. The Morgan fingerprint density at radius 1 is 0.519 bits per heavy atom. The van der Waals surface area contributed by atoms with Crippen molar-refractivity contribution < 1.29 is 4.57 Å². The third-order valence-electron chi connectivity index (χ3n) is 9.67. The van der Waals surface area contributed by atoms with Gasteiger partial charge in [-0.25, -0.2) is 9.13 Å². The minimum Gasteiger partial charge on any atom is -0.481 e.